The molecule has 1 saturated carbocycles. The Bertz CT molecular complexity index is 929. The molecular weight excluding hydrogens is 390 g/mol. The highest BCUT2D eigenvalue weighted by atomic mass is 35.5. The zero-order valence-electron chi connectivity index (χ0n) is 17.1. The predicted octanol–water partition coefficient (Wildman–Crippen LogP) is 4.01. The molecule has 2 aliphatic rings. The molecule has 1 saturated heterocycles. The smallest absolute Gasteiger partial charge is 0.276 e. The minimum absolute atomic E-state index is 0.0732. The van der Waals surface area contributed by atoms with E-state index in [1.165, 1.54) is 0 Å². The number of benzene rings is 1. The van der Waals surface area contributed by atoms with Gasteiger partial charge in [0.05, 0.1) is 5.54 Å². The molecule has 6 nitrogen and oxygen atoms in total. The van der Waals surface area contributed by atoms with Crippen LogP contribution >= 0.6 is 11.6 Å². The molecule has 7 heteroatoms. The van der Waals surface area contributed by atoms with Crippen molar-refractivity contribution in [2.24, 2.45) is 17.8 Å². The number of carbonyl (C=O) groups is 2. The van der Waals surface area contributed by atoms with Crippen molar-refractivity contribution in [1.82, 2.24) is 15.4 Å². The van der Waals surface area contributed by atoms with Gasteiger partial charge in [-0.25, -0.2) is 0 Å². The molecule has 1 spiro atoms. The molecule has 3 atom stereocenters. The second kappa shape index (κ2) is 7.17. The van der Waals surface area contributed by atoms with Gasteiger partial charge in [0.25, 0.3) is 5.91 Å². The third kappa shape index (κ3) is 3.44. The maximum atomic E-state index is 13.4. The zero-order chi connectivity index (χ0) is 20.9. The Kier molecular flexibility index (Phi) is 4.93. The van der Waals surface area contributed by atoms with Crippen LogP contribution in [0.2, 0.25) is 5.02 Å². The van der Waals surface area contributed by atoms with Crippen molar-refractivity contribution in [2.75, 3.05) is 6.54 Å². The van der Waals surface area contributed by atoms with Gasteiger partial charge in [0.15, 0.2) is 11.5 Å². The van der Waals surface area contributed by atoms with Crippen molar-refractivity contribution in [3.8, 4) is 11.3 Å². The summed E-state index contributed by atoms with van der Waals surface area (Å²) in [6, 6.07) is 8.29. The van der Waals surface area contributed by atoms with Gasteiger partial charge >= 0.3 is 0 Å². The molecule has 2 aromatic rings. The topological polar surface area (TPSA) is 75.4 Å². The third-order valence-corrected chi connectivity index (χ3v) is 6.80. The SMILES string of the molecule is CC(C)C[C@H]1C(=O)NC2(CN1C(=O)c1cc(-c3ccc(Cl)cc3)on1)C(C)C2C. The van der Waals surface area contributed by atoms with E-state index < -0.39 is 6.04 Å². The van der Waals surface area contributed by atoms with Gasteiger partial charge in [0.1, 0.15) is 6.04 Å². The van der Waals surface area contributed by atoms with Crippen LogP contribution in [-0.4, -0.2) is 40.0 Å². The van der Waals surface area contributed by atoms with Crippen LogP contribution in [-0.2, 0) is 4.79 Å². The first-order chi connectivity index (χ1) is 13.7. The van der Waals surface area contributed by atoms with Crippen LogP contribution in [0.25, 0.3) is 11.3 Å². The van der Waals surface area contributed by atoms with E-state index in [9.17, 15) is 9.59 Å². The Morgan fingerprint density at radius 1 is 1.31 bits per heavy atom. The minimum Gasteiger partial charge on any atom is -0.355 e. The molecule has 1 N–H and O–H groups in total. The second-order valence-corrected chi connectivity index (χ2v) is 9.21. The van der Waals surface area contributed by atoms with E-state index in [2.05, 4.69) is 38.2 Å². The highest BCUT2D eigenvalue weighted by Gasteiger charge is 2.64. The highest BCUT2D eigenvalue weighted by Crippen LogP contribution is 2.52. The van der Waals surface area contributed by atoms with Crippen LogP contribution in [0.5, 0.6) is 0 Å². The monoisotopic (exact) mass is 415 g/mol. The molecule has 29 heavy (non-hydrogen) atoms. The number of amides is 2. The average Bonchev–Trinajstić information content (AvgIpc) is 3.05. The number of piperazine rings is 1. The first-order valence-corrected chi connectivity index (χ1v) is 10.5. The molecule has 0 radical (unpaired) electrons. The Morgan fingerprint density at radius 2 is 1.97 bits per heavy atom. The third-order valence-electron chi connectivity index (χ3n) is 6.55. The number of hydrogen-bond donors (Lipinski definition) is 1. The molecule has 1 aliphatic carbocycles. The van der Waals surface area contributed by atoms with Gasteiger partial charge in [0.2, 0.25) is 5.91 Å². The molecule has 1 aromatic heterocycles. The van der Waals surface area contributed by atoms with Crippen molar-refractivity contribution in [1.29, 1.82) is 0 Å². The molecule has 1 aliphatic heterocycles. The molecule has 1 aromatic carbocycles. The summed E-state index contributed by atoms with van der Waals surface area (Å²) >= 11 is 5.94. The number of carbonyl (C=O) groups excluding carboxylic acids is 2. The summed E-state index contributed by atoms with van der Waals surface area (Å²) in [5.74, 6) is 1.12. The van der Waals surface area contributed by atoms with Crippen molar-refractivity contribution >= 4 is 23.4 Å². The fourth-order valence-electron chi connectivity index (χ4n) is 4.43. The summed E-state index contributed by atoms with van der Waals surface area (Å²) < 4.78 is 5.41. The van der Waals surface area contributed by atoms with Gasteiger partial charge in [-0.05, 0) is 48.4 Å². The van der Waals surface area contributed by atoms with Gasteiger partial charge in [-0.3, -0.25) is 9.59 Å². The lowest BCUT2D eigenvalue weighted by atomic mass is 9.96. The summed E-state index contributed by atoms with van der Waals surface area (Å²) in [4.78, 5) is 28.0. The summed E-state index contributed by atoms with van der Waals surface area (Å²) in [5.41, 5.74) is 0.676. The van der Waals surface area contributed by atoms with E-state index in [0.717, 1.165) is 5.56 Å². The van der Waals surface area contributed by atoms with Crippen molar-refractivity contribution in [3.63, 3.8) is 0 Å². The van der Waals surface area contributed by atoms with Crippen LogP contribution in [0.15, 0.2) is 34.9 Å². The van der Waals surface area contributed by atoms with Crippen LogP contribution < -0.4 is 5.32 Å². The summed E-state index contributed by atoms with van der Waals surface area (Å²) in [6.45, 7) is 8.84. The number of rotatable bonds is 4. The standard InChI is InChI=1S/C22H26ClN3O3/c1-12(2)9-18-20(27)24-22(13(3)14(22)4)11-26(18)21(28)17-10-19(29-25-17)15-5-7-16(23)8-6-15/h5-8,10,12-14,18H,9,11H2,1-4H3,(H,24,27)/t13?,14?,18-,22?/m0/s1. The predicted molar refractivity (Wildman–Crippen MR) is 110 cm³/mol. The molecular formula is C22H26ClN3O3. The number of hydrogen-bond acceptors (Lipinski definition) is 4. The number of halogens is 1. The first kappa shape index (κ1) is 20.0. The molecule has 2 fully saturated rings. The Balaban J connectivity index is 1.62. The normalized spacial score (nSPS) is 28.7. The van der Waals surface area contributed by atoms with E-state index in [0.29, 0.717) is 35.6 Å². The van der Waals surface area contributed by atoms with Crippen LogP contribution in [0.3, 0.4) is 0 Å². The van der Waals surface area contributed by atoms with E-state index >= 15 is 0 Å². The zero-order valence-corrected chi connectivity index (χ0v) is 17.9. The van der Waals surface area contributed by atoms with Crippen molar-refractivity contribution < 1.29 is 14.1 Å². The number of nitrogens with zero attached hydrogens (tertiary/aromatic N) is 2. The largest absolute Gasteiger partial charge is 0.355 e. The number of aromatic nitrogens is 1. The van der Waals surface area contributed by atoms with Gasteiger partial charge in [-0.1, -0.05) is 44.5 Å². The average molecular weight is 416 g/mol. The second-order valence-electron chi connectivity index (χ2n) is 8.77. The number of nitrogens with one attached hydrogen (secondary N) is 1. The lowest BCUT2D eigenvalue weighted by molar-refractivity contribution is -0.131. The van der Waals surface area contributed by atoms with Gasteiger partial charge in [0, 0.05) is 23.2 Å². The quantitative estimate of drug-likeness (QED) is 0.818. The lowest BCUT2D eigenvalue weighted by Gasteiger charge is -2.41. The lowest BCUT2D eigenvalue weighted by Crippen LogP contribution is -2.64. The fourth-order valence-corrected chi connectivity index (χ4v) is 4.56. The molecule has 0 bridgehead atoms. The highest BCUT2D eigenvalue weighted by molar-refractivity contribution is 6.30. The van der Waals surface area contributed by atoms with E-state index in [4.69, 9.17) is 16.1 Å². The van der Waals surface area contributed by atoms with Gasteiger partial charge < -0.3 is 14.7 Å². The fraction of sp³-hybridized carbons (Fsp3) is 0.500. The Hall–Kier alpha value is -2.34. The van der Waals surface area contributed by atoms with Gasteiger partial charge in [-0.15, -0.1) is 0 Å². The Morgan fingerprint density at radius 3 is 2.55 bits per heavy atom. The molecule has 2 amide bonds. The van der Waals surface area contributed by atoms with Crippen molar-refractivity contribution in [3.05, 3.63) is 41.0 Å². The van der Waals surface area contributed by atoms with Crippen LogP contribution in [0.4, 0.5) is 0 Å². The van der Waals surface area contributed by atoms with E-state index in [1.54, 1.807) is 23.1 Å². The molecule has 4 rings (SSSR count). The summed E-state index contributed by atoms with van der Waals surface area (Å²) in [6.07, 6.45) is 0.609. The minimum atomic E-state index is -0.496. The Labute approximate surface area is 175 Å². The van der Waals surface area contributed by atoms with Gasteiger partial charge in [-0.2, -0.15) is 0 Å². The summed E-state index contributed by atoms with van der Waals surface area (Å²) in [7, 11) is 0. The maximum absolute atomic E-state index is 13.4. The maximum Gasteiger partial charge on any atom is 0.276 e. The first-order valence-electron chi connectivity index (χ1n) is 10.1. The van der Waals surface area contributed by atoms with E-state index in [-0.39, 0.29) is 29.0 Å². The van der Waals surface area contributed by atoms with Crippen LogP contribution in [0.1, 0.15) is 44.6 Å². The van der Waals surface area contributed by atoms with Crippen LogP contribution in [0, 0.1) is 17.8 Å². The van der Waals surface area contributed by atoms with Crippen molar-refractivity contribution in [2.45, 2.75) is 45.7 Å². The summed E-state index contributed by atoms with van der Waals surface area (Å²) in [5, 5.41) is 7.83. The van der Waals surface area contributed by atoms with E-state index in [1.807, 2.05) is 12.1 Å². The molecule has 2 heterocycles. The molecule has 154 valence electrons. The molecule has 2 unspecified atom stereocenters.